The number of rotatable bonds is 5. The molecule has 1 aliphatic rings. The molecule has 1 N–H and O–H groups in total. The number of anilines is 1. The largest absolute Gasteiger partial charge is 0.315 e. The molecule has 1 unspecified atom stereocenters. The van der Waals surface area contributed by atoms with E-state index in [-0.39, 0.29) is 29.4 Å². The molecule has 1 aromatic carbocycles. The Kier molecular flexibility index (Phi) is 5.95. The zero-order valence-electron chi connectivity index (χ0n) is 18.5. The van der Waals surface area contributed by atoms with Crippen molar-refractivity contribution in [3.63, 3.8) is 0 Å². The maximum absolute atomic E-state index is 12.6. The van der Waals surface area contributed by atoms with Crippen LogP contribution in [0.4, 0.5) is 10.7 Å². The lowest BCUT2D eigenvalue weighted by molar-refractivity contribution is -0.384. The summed E-state index contributed by atoms with van der Waals surface area (Å²) in [4.78, 5) is 25.3. The summed E-state index contributed by atoms with van der Waals surface area (Å²) in [5.74, 6) is 0.441. The molecule has 2 aromatic heterocycles. The predicted molar refractivity (Wildman–Crippen MR) is 123 cm³/mol. The monoisotopic (exact) mass is 465 g/mol. The SMILES string of the molecule is CC(C)(C)C1CCc2c(sc(NC(=O)Cn3nnc(-c4ccc([N+](=O)[O-])cc4)n3)c2C#N)C1. The van der Waals surface area contributed by atoms with Gasteiger partial charge in [-0.2, -0.15) is 10.1 Å². The van der Waals surface area contributed by atoms with Gasteiger partial charge in [0.2, 0.25) is 11.7 Å². The molecule has 1 aliphatic carbocycles. The van der Waals surface area contributed by atoms with Gasteiger partial charge in [-0.1, -0.05) is 20.8 Å². The minimum atomic E-state index is -0.487. The minimum Gasteiger partial charge on any atom is -0.315 e. The molecule has 1 atom stereocenters. The Morgan fingerprint density at radius 2 is 2.09 bits per heavy atom. The number of thiophene rings is 1. The quantitative estimate of drug-likeness (QED) is 0.444. The van der Waals surface area contributed by atoms with E-state index in [4.69, 9.17) is 0 Å². The van der Waals surface area contributed by atoms with Crippen molar-refractivity contribution in [1.82, 2.24) is 20.2 Å². The van der Waals surface area contributed by atoms with Crippen LogP contribution in [-0.2, 0) is 24.2 Å². The molecule has 3 aromatic rings. The van der Waals surface area contributed by atoms with Gasteiger partial charge in [-0.05, 0) is 53.5 Å². The van der Waals surface area contributed by atoms with Gasteiger partial charge in [-0.3, -0.25) is 14.9 Å². The summed E-state index contributed by atoms with van der Waals surface area (Å²) < 4.78 is 0. The van der Waals surface area contributed by atoms with E-state index < -0.39 is 4.92 Å². The zero-order chi connectivity index (χ0) is 23.8. The van der Waals surface area contributed by atoms with Gasteiger partial charge in [0.15, 0.2) is 0 Å². The second-order valence-corrected chi connectivity index (χ2v) is 10.2. The third kappa shape index (κ3) is 4.75. The van der Waals surface area contributed by atoms with Crippen LogP contribution >= 0.6 is 11.3 Å². The van der Waals surface area contributed by atoms with E-state index in [0.717, 1.165) is 29.6 Å². The fourth-order valence-corrected chi connectivity index (χ4v) is 5.28. The topological polar surface area (TPSA) is 140 Å². The van der Waals surface area contributed by atoms with Crippen molar-refractivity contribution in [2.45, 2.75) is 46.6 Å². The van der Waals surface area contributed by atoms with Crippen molar-refractivity contribution >= 4 is 27.9 Å². The number of hydrogen-bond acceptors (Lipinski definition) is 8. The summed E-state index contributed by atoms with van der Waals surface area (Å²) in [6, 6.07) is 8.03. The molecule has 33 heavy (non-hydrogen) atoms. The van der Waals surface area contributed by atoms with E-state index in [0.29, 0.717) is 22.0 Å². The first-order valence-electron chi connectivity index (χ1n) is 10.5. The third-order valence-electron chi connectivity index (χ3n) is 5.93. The summed E-state index contributed by atoms with van der Waals surface area (Å²) in [7, 11) is 0. The van der Waals surface area contributed by atoms with Gasteiger partial charge in [0.05, 0.1) is 10.5 Å². The van der Waals surface area contributed by atoms with E-state index in [1.807, 2.05) is 0 Å². The minimum absolute atomic E-state index is 0.0358. The second kappa shape index (κ2) is 8.71. The average Bonchev–Trinajstić information content (AvgIpc) is 3.36. The Hall–Kier alpha value is -3.65. The normalized spacial score (nSPS) is 15.5. The number of benzene rings is 1. The molecular weight excluding hydrogens is 442 g/mol. The Morgan fingerprint density at radius 3 is 2.73 bits per heavy atom. The van der Waals surface area contributed by atoms with Gasteiger partial charge in [-0.15, -0.1) is 21.5 Å². The van der Waals surface area contributed by atoms with Gasteiger partial charge in [-0.25, -0.2) is 0 Å². The molecule has 0 saturated carbocycles. The molecular formula is C22H23N7O3S. The number of nitriles is 1. The van der Waals surface area contributed by atoms with Gasteiger partial charge < -0.3 is 5.32 Å². The summed E-state index contributed by atoms with van der Waals surface area (Å²) in [5.41, 5.74) is 2.31. The molecule has 0 bridgehead atoms. The number of aromatic nitrogens is 4. The number of fused-ring (bicyclic) bond motifs is 1. The number of amides is 1. The third-order valence-corrected chi connectivity index (χ3v) is 7.10. The molecule has 0 aliphatic heterocycles. The van der Waals surface area contributed by atoms with Crippen LogP contribution in [-0.4, -0.2) is 31.0 Å². The van der Waals surface area contributed by atoms with Crippen LogP contribution in [0.25, 0.3) is 11.4 Å². The van der Waals surface area contributed by atoms with Gasteiger partial charge >= 0.3 is 0 Å². The van der Waals surface area contributed by atoms with E-state index in [2.05, 4.69) is 47.6 Å². The van der Waals surface area contributed by atoms with Crippen molar-refractivity contribution in [1.29, 1.82) is 5.26 Å². The standard InChI is InChI=1S/C22H23N7O3S/c1-22(2,3)14-6-9-16-17(11-23)21(33-18(16)10-14)24-19(30)12-28-26-20(25-27-28)13-4-7-15(8-5-13)29(31)32/h4-5,7-8,14H,6,9-10,12H2,1-3H3,(H,24,30). The highest BCUT2D eigenvalue weighted by atomic mass is 32.1. The summed E-state index contributed by atoms with van der Waals surface area (Å²) in [6.45, 7) is 6.54. The summed E-state index contributed by atoms with van der Waals surface area (Å²) in [6.07, 6.45) is 2.79. The van der Waals surface area contributed by atoms with Crippen molar-refractivity contribution in [3.8, 4) is 17.5 Å². The van der Waals surface area contributed by atoms with Gasteiger partial charge in [0.1, 0.15) is 17.6 Å². The van der Waals surface area contributed by atoms with Crippen LogP contribution in [0.5, 0.6) is 0 Å². The first kappa shape index (κ1) is 22.5. The van der Waals surface area contributed by atoms with E-state index in [9.17, 15) is 20.2 Å². The van der Waals surface area contributed by atoms with Crippen LogP contribution in [0.3, 0.4) is 0 Å². The fourth-order valence-electron chi connectivity index (χ4n) is 3.98. The van der Waals surface area contributed by atoms with Crippen molar-refractivity contribution in [2.24, 2.45) is 11.3 Å². The van der Waals surface area contributed by atoms with Crippen molar-refractivity contribution < 1.29 is 9.72 Å². The van der Waals surface area contributed by atoms with Crippen LogP contribution < -0.4 is 5.32 Å². The van der Waals surface area contributed by atoms with Crippen LogP contribution in [0.15, 0.2) is 24.3 Å². The number of nitro benzene ring substituents is 1. The molecule has 0 radical (unpaired) electrons. The van der Waals surface area contributed by atoms with Crippen LogP contribution in [0, 0.1) is 32.8 Å². The first-order valence-corrected chi connectivity index (χ1v) is 11.3. The smallest absolute Gasteiger partial charge is 0.269 e. The number of tetrazole rings is 1. The number of nitrogens with one attached hydrogen (secondary N) is 1. The van der Waals surface area contributed by atoms with E-state index >= 15 is 0 Å². The Bertz CT molecular complexity index is 1250. The van der Waals surface area contributed by atoms with E-state index in [1.165, 1.54) is 40.5 Å². The summed E-state index contributed by atoms with van der Waals surface area (Å²) in [5, 5.41) is 35.9. The molecule has 0 spiro atoms. The average molecular weight is 466 g/mol. The Morgan fingerprint density at radius 1 is 1.36 bits per heavy atom. The highest BCUT2D eigenvalue weighted by Gasteiger charge is 2.32. The zero-order valence-corrected chi connectivity index (χ0v) is 19.3. The number of carbonyl (C=O) groups excluding carboxylic acids is 1. The molecule has 0 saturated heterocycles. The predicted octanol–water partition coefficient (Wildman–Crippen LogP) is 3.97. The highest BCUT2D eigenvalue weighted by Crippen LogP contribution is 2.44. The summed E-state index contributed by atoms with van der Waals surface area (Å²) >= 11 is 1.48. The van der Waals surface area contributed by atoms with E-state index in [1.54, 1.807) is 0 Å². The lowest BCUT2D eigenvalue weighted by Gasteiger charge is -2.33. The van der Waals surface area contributed by atoms with Gasteiger partial charge in [0.25, 0.3) is 5.69 Å². The molecule has 0 fully saturated rings. The lowest BCUT2D eigenvalue weighted by Crippen LogP contribution is -2.26. The molecule has 1 amide bonds. The van der Waals surface area contributed by atoms with Gasteiger partial charge in [0, 0.05) is 22.6 Å². The second-order valence-electron chi connectivity index (χ2n) is 9.12. The maximum Gasteiger partial charge on any atom is 0.269 e. The van der Waals surface area contributed by atoms with Crippen molar-refractivity contribution in [2.75, 3.05) is 5.32 Å². The molecule has 2 heterocycles. The number of hydrogen-bond donors (Lipinski definition) is 1. The number of nitro groups is 1. The number of nitrogens with zero attached hydrogens (tertiary/aromatic N) is 6. The Labute approximate surface area is 194 Å². The number of carbonyl (C=O) groups is 1. The molecule has 4 rings (SSSR count). The number of non-ortho nitro benzene ring substituents is 1. The molecule has 170 valence electrons. The highest BCUT2D eigenvalue weighted by molar-refractivity contribution is 7.16. The van der Waals surface area contributed by atoms with Crippen LogP contribution in [0.2, 0.25) is 0 Å². The molecule has 11 heteroatoms. The lowest BCUT2D eigenvalue weighted by atomic mass is 9.72. The Balaban J connectivity index is 1.45. The van der Waals surface area contributed by atoms with Crippen molar-refractivity contribution in [3.05, 3.63) is 50.4 Å². The maximum atomic E-state index is 12.6. The van der Waals surface area contributed by atoms with Crippen LogP contribution in [0.1, 0.15) is 43.2 Å². The first-order chi connectivity index (χ1) is 15.7. The molecule has 10 nitrogen and oxygen atoms in total. The fraction of sp³-hybridized carbons (Fsp3) is 0.409.